The third-order valence-corrected chi connectivity index (χ3v) is 7.03. The zero-order valence-electron chi connectivity index (χ0n) is 16.9. The Kier molecular flexibility index (Phi) is 6.24. The van der Waals surface area contributed by atoms with E-state index in [0.29, 0.717) is 47.7 Å². The van der Waals surface area contributed by atoms with Crippen molar-refractivity contribution in [3.05, 3.63) is 53.6 Å². The predicted molar refractivity (Wildman–Crippen MR) is 119 cm³/mol. The Labute approximate surface area is 182 Å². The van der Waals surface area contributed by atoms with Crippen LogP contribution in [-0.4, -0.2) is 47.2 Å². The van der Waals surface area contributed by atoms with Gasteiger partial charge in [-0.05, 0) is 23.8 Å². The summed E-state index contributed by atoms with van der Waals surface area (Å²) in [5.74, 6) is -1.13. The van der Waals surface area contributed by atoms with E-state index in [1.165, 1.54) is 22.3 Å². The van der Waals surface area contributed by atoms with Crippen LogP contribution in [-0.2, 0) is 11.2 Å². The van der Waals surface area contributed by atoms with Crippen molar-refractivity contribution in [1.82, 2.24) is 9.88 Å². The zero-order valence-corrected chi connectivity index (χ0v) is 18.5. The fourth-order valence-corrected chi connectivity index (χ4v) is 5.37. The molecule has 0 spiro atoms. The topological polar surface area (TPSA) is 36.4 Å². The summed E-state index contributed by atoms with van der Waals surface area (Å²) in [5.41, 5.74) is 1.22. The molecule has 1 aliphatic heterocycles. The fraction of sp³-hybridized carbons (Fsp3) is 0.364. The average molecular weight is 448 g/mol. The highest BCUT2D eigenvalue weighted by Gasteiger charge is 2.24. The molecular weight excluding hydrogens is 424 g/mol. The van der Waals surface area contributed by atoms with Gasteiger partial charge < -0.3 is 9.80 Å². The van der Waals surface area contributed by atoms with Gasteiger partial charge in [0.1, 0.15) is 11.3 Å². The summed E-state index contributed by atoms with van der Waals surface area (Å²) in [5, 5.41) is 1.19. The maximum Gasteiger partial charge on any atom is 0.227 e. The molecular formula is C22H23F2N3OS2. The van der Waals surface area contributed by atoms with Crippen LogP contribution in [0.5, 0.6) is 0 Å². The van der Waals surface area contributed by atoms with Gasteiger partial charge in [-0.1, -0.05) is 37.3 Å². The lowest BCUT2D eigenvalue weighted by molar-refractivity contribution is -0.130. The molecule has 1 amide bonds. The van der Waals surface area contributed by atoms with Crippen molar-refractivity contribution < 1.29 is 13.6 Å². The average Bonchev–Trinajstić information content (AvgIpc) is 3.13. The van der Waals surface area contributed by atoms with Crippen LogP contribution in [0.3, 0.4) is 0 Å². The van der Waals surface area contributed by atoms with E-state index < -0.39 is 11.6 Å². The number of fused-ring (bicyclic) bond motifs is 1. The van der Waals surface area contributed by atoms with E-state index in [0.717, 1.165) is 11.6 Å². The Morgan fingerprint density at radius 3 is 2.50 bits per heavy atom. The summed E-state index contributed by atoms with van der Waals surface area (Å²) in [6.07, 6.45) is 0.387. The van der Waals surface area contributed by atoms with Gasteiger partial charge >= 0.3 is 0 Å². The van der Waals surface area contributed by atoms with Crippen LogP contribution in [0.15, 0.2) is 41.3 Å². The first-order valence-electron chi connectivity index (χ1n) is 9.93. The molecule has 0 aliphatic carbocycles. The molecule has 4 nitrogen and oxygen atoms in total. The molecule has 3 aromatic rings. The molecule has 1 fully saturated rings. The van der Waals surface area contributed by atoms with Crippen molar-refractivity contribution in [2.75, 3.05) is 31.1 Å². The molecule has 30 heavy (non-hydrogen) atoms. The Morgan fingerprint density at radius 1 is 1.13 bits per heavy atom. The first-order valence-corrected chi connectivity index (χ1v) is 11.6. The van der Waals surface area contributed by atoms with Crippen molar-refractivity contribution >= 4 is 44.4 Å². The molecule has 2 aromatic carbocycles. The largest absolute Gasteiger partial charge is 0.345 e. The van der Waals surface area contributed by atoms with Gasteiger partial charge in [0.15, 0.2) is 10.9 Å². The van der Waals surface area contributed by atoms with Gasteiger partial charge in [-0.15, -0.1) is 11.8 Å². The Hall–Kier alpha value is -2.19. The minimum atomic E-state index is -0.640. The third-order valence-electron chi connectivity index (χ3n) is 4.96. The smallest absolute Gasteiger partial charge is 0.227 e. The van der Waals surface area contributed by atoms with Gasteiger partial charge in [0.05, 0.1) is 11.1 Å². The molecule has 0 unspecified atom stereocenters. The van der Waals surface area contributed by atoms with E-state index in [1.807, 2.05) is 21.9 Å². The highest BCUT2D eigenvalue weighted by atomic mass is 32.2. The van der Waals surface area contributed by atoms with Crippen molar-refractivity contribution in [2.24, 2.45) is 0 Å². The molecule has 0 radical (unpaired) electrons. The lowest BCUT2D eigenvalue weighted by atomic mass is 10.1. The lowest BCUT2D eigenvalue weighted by Gasteiger charge is -2.34. The highest BCUT2D eigenvalue weighted by Crippen LogP contribution is 2.31. The van der Waals surface area contributed by atoms with E-state index in [-0.39, 0.29) is 11.4 Å². The van der Waals surface area contributed by atoms with Crippen molar-refractivity contribution in [3.8, 4) is 0 Å². The van der Waals surface area contributed by atoms with Crippen molar-refractivity contribution in [1.29, 1.82) is 0 Å². The summed E-state index contributed by atoms with van der Waals surface area (Å²) in [6, 6.07) is 10.3. The second kappa shape index (κ2) is 8.89. The molecule has 4 rings (SSSR count). The zero-order chi connectivity index (χ0) is 21.3. The number of piperazine rings is 1. The number of nitrogens with zero attached hydrogens (tertiary/aromatic N) is 3. The predicted octanol–water partition coefficient (Wildman–Crippen LogP) is 4.97. The Bertz CT molecular complexity index is 1040. The minimum Gasteiger partial charge on any atom is -0.345 e. The molecule has 0 bridgehead atoms. The number of thiazole rings is 1. The van der Waals surface area contributed by atoms with Crippen LogP contribution in [0.25, 0.3) is 10.2 Å². The first-order chi connectivity index (χ1) is 14.4. The van der Waals surface area contributed by atoms with Crippen LogP contribution in [0.1, 0.15) is 19.4 Å². The SMILES string of the molecule is CC(C)Sc1ccc(CC(=O)N2CCN(c3nc4c(F)cc(F)cc4s3)CC2)cc1. The maximum atomic E-state index is 13.9. The number of thioether (sulfide) groups is 1. The number of aromatic nitrogens is 1. The van der Waals surface area contributed by atoms with E-state index >= 15 is 0 Å². The summed E-state index contributed by atoms with van der Waals surface area (Å²) in [7, 11) is 0. The number of amides is 1. The number of halogens is 2. The standard InChI is InChI=1S/C22H23F2N3OS2/c1-14(2)29-17-5-3-15(4-6-17)11-20(28)26-7-9-27(10-8-26)22-25-21-18(24)12-16(23)13-19(21)30-22/h3-6,12-14H,7-11H2,1-2H3. The van der Waals surface area contributed by atoms with Crippen LogP contribution >= 0.6 is 23.1 Å². The van der Waals surface area contributed by atoms with Gasteiger partial charge in [0.25, 0.3) is 0 Å². The van der Waals surface area contributed by atoms with Crippen LogP contribution in [0, 0.1) is 11.6 Å². The van der Waals surface area contributed by atoms with Crippen molar-refractivity contribution in [3.63, 3.8) is 0 Å². The van der Waals surface area contributed by atoms with Crippen LogP contribution < -0.4 is 4.90 Å². The first kappa shape index (κ1) is 21.1. The van der Waals surface area contributed by atoms with Gasteiger partial charge in [-0.3, -0.25) is 4.79 Å². The van der Waals surface area contributed by atoms with Crippen LogP contribution in [0.2, 0.25) is 0 Å². The Morgan fingerprint density at radius 2 is 1.83 bits per heavy atom. The van der Waals surface area contributed by atoms with E-state index in [1.54, 1.807) is 11.8 Å². The van der Waals surface area contributed by atoms with E-state index in [9.17, 15) is 13.6 Å². The fourth-order valence-electron chi connectivity index (χ4n) is 3.47. The number of hydrogen-bond donors (Lipinski definition) is 0. The molecule has 0 atom stereocenters. The minimum absolute atomic E-state index is 0.108. The number of hydrogen-bond acceptors (Lipinski definition) is 5. The lowest BCUT2D eigenvalue weighted by Crippen LogP contribution is -2.49. The van der Waals surface area contributed by atoms with Gasteiger partial charge in [-0.25, -0.2) is 13.8 Å². The quantitative estimate of drug-likeness (QED) is 0.518. The maximum absolute atomic E-state index is 13.9. The second-order valence-corrected chi connectivity index (χ2v) is 10.2. The normalized spacial score (nSPS) is 14.7. The summed E-state index contributed by atoms with van der Waals surface area (Å²) >= 11 is 3.08. The van der Waals surface area contributed by atoms with Gasteiger partial charge in [0.2, 0.25) is 5.91 Å². The molecule has 158 valence electrons. The second-order valence-electron chi connectivity index (χ2n) is 7.59. The van der Waals surface area contributed by atoms with Crippen molar-refractivity contribution in [2.45, 2.75) is 30.4 Å². The summed E-state index contributed by atoms with van der Waals surface area (Å²) in [6.45, 7) is 6.74. The number of rotatable bonds is 5. The van der Waals surface area contributed by atoms with Gasteiger partial charge in [0, 0.05) is 42.4 Å². The van der Waals surface area contributed by atoms with E-state index in [4.69, 9.17) is 0 Å². The Balaban J connectivity index is 1.35. The molecule has 8 heteroatoms. The molecule has 0 saturated carbocycles. The molecule has 0 N–H and O–H groups in total. The summed E-state index contributed by atoms with van der Waals surface area (Å²) in [4.78, 5) is 22.1. The van der Waals surface area contributed by atoms with Gasteiger partial charge in [-0.2, -0.15) is 0 Å². The summed E-state index contributed by atoms with van der Waals surface area (Å²) < 4.78 is 27.8. The number of anilines is 1. The number of carbonyl (C=O) groups is 1. The molecule has 1 aliphatic rings. The van der Waals surface area contributed by atoms with Crippen LogP contribution in [0.4, 0.5) is 13.9 Å². The molecule has 2 heterocycles. The monoisotopic (exact) mass is 447 g/mol. The number of benzene rings is 2. The third kappa shape index (κ3) is 4.75. The number of carbonyl (C=O) groups excluding carboxylic acids is 1. The van der Waals surface area contributed by atoms with E-state index in [2.05, 4.69) is 31.0 Å². The molecule has 1 saturated heterocycles. The highest BCUT2D eigenvalue weighted by molar-refractivity contribution is 7.99. The molecule has 1 aromatic heterocycles.